The normalized spacial score (nSPS) is 11.3. The van der Waals surface area contributed by atoms with Crippen LogP contribution in [0.1, 0.15) is 11.5 Å². The molecule has 22 heavy (non-hydrogen) atoms. The number of benzene rings is 1. The number of hydrogen-bond acceptors (Lipinski definition) is 5. The molecule has 0 aliphatic rings. The standard InChI is InChI=1S/C15H13F2N3OS/c1-20(7-10-2-3-12(16)6-13(10)17)8-14-18-15(19-21-14)11-4-5-22-9-11/h2-6,9H,7-8H2,1H3. The van der Waals surface area contributed by atoms with Gasteiger partial charge in [-0.2, -0.15) is 16.3 Å². The molecule has 0 saturated heterocycles. The molecule has 0 aliphatic carbocycles. The minimum Gasteiger partial charge on any atom is -0.338 e. The van der Waals surface area contributed by atoms with Crippen molar-refractivity contribution >= 4 is 11.3 Å². The molecule has 2 aromatic heterocycles. The topological polar surface area (TPSA) is 42.2 Å². The highest BCUT2D eigenvalue weighted by Crippen LogP contribution is 2.19. The molecular weight excluding hydrogens is 308 g/mol. The van der Waals surface area contributed by atoms with E-state index in [4.69, 9.17) is 4.52 Å². The molecule has 0 atom stereocenters. The maximum absolute atomic E-state index is 13.6. The van der Waals surface area contributed by atoms with Gasteiger partial charge in [-0.1, -0.05) is 11.2 Å². The van der Waals surface area contributed by atoms with Crippen molar-refractivity contribution in [3.05, 3.63) is 58.1 Å². The Balaban J connectivity index is 1.65. The Kier molecular flexibility index (Phi) is 4.26. The van der Waals surface area contributed by atoms with Gasteiger partial charge in [-0.05, 0) is 24.6 Å². The number of halogens is 2. The predicted molar refractivity (Wildman–Crippen MR) is 79.1 cm³/mol. The van der Waals surface area contributed by atoms with Crippen LogP contribution in [0.4, 0.5) is 8.78 Å². The van der Waals surface area contributed by atoms with Crippen LogP contribution in [-0.2, 0) is 13.1 Å². The van der Waals surface area contributed by atoms with E-state index in [9.17, 15) is 8.78 Å². The fourth-order valence-corrected chi connectivity index (χ4v) is 2.69. The molecular formula is C15H13F2N3OS. The second-order valence-corrected chi connectivity index (χ2v) is 5.71. The third-order valence-corrected chi connectivity index (χ3v) is 3.79. The zero-order chi connectivity index (χ0) is 15.5. The van der Waals surface area contributed by atoms with Gasteiger partial charge >= 0.3 is 0 Å². The molecule has 0 N–H and O–H groups in total. The van der Waals surface area contributed by atoms with Gasteiger partial charge in [0.2, 0.25) is 11.7 Å². The van der Waals surface area contributed by atoms with Gasteiger partial charge in [0, 0.05) is 29.1 Å². The molecule has 0 saturated carbocycles. The lowest BCUT2D eigenvalue weighted by Gasteiger charge is -2.14. The summed E-state index contributed by atoms with van der Waals surface area (Å²) in [5, 5.41) is 7.79. The van der Waals surface area contributed by atoms with E-state index in [1.807, 2.05) is 21.7 Å². The lowest BCUT2D eigenvalue weighted by molar-refractivity contribution is 0.258. The van der Waals surface area contributed by atoms with Gasteiger partial charge < -0.3 is 4.52 Å². The van der Waals surface area contributed by atoms with Crippen molar-refractivity contribution in [1.29, 1.82) is 0 Å². The van der Waals surface area contributed by atoms with E-state index >= 15 is 0 Å². The Hall–Kier alpha value is -2.12. The fraction of sp³-hybridized carbons (Fsp3) is 0.200. The number of aromatic nitrogens is 2. The fourth-order valence-electron chi connectivity index (χ4n) is 2.06. The van der Waals surface area contributed by atoms with Gasteiger partial charge in [0.05, 0.1) is 6.54 Å². The van der Waals surface area contributed by atoms with Crippen LogP contribution < -0.4 is 0 Å². The number of hydrogen-bond donors (Lipinski definition) is 0. The molecule has 0 aliphatic heterocycles. The molecule has 0 fully saturated rings. The van der Waals surface area contributed by atoms with E-state index in [1.165, 1.54) is 12.1 Å². The minimum absolute atomic E-state index is 0.322. The first kappa shape index (κ1) is 14.8. The summed E-state index contributed by atoms with van der Waals surface area (Å²) in [6.45, 7) is 0.705. The summed E-state index contributed by atoms with van der Waals surface area (Å²) in [6, 6.07) is 5.47. The predicted octanol–water partition coefficient (Wildman–Crippen LogP) is 3.71. The van der Waals surface area contributed by atoms with Crippen LogP contribution in [0.2, 0.25) is 0 Å². The van der Waals surface area contributed by atoms with Gasteiger partial charge in [0.25, 0.3) is 0 Å². The maximum atomic E-state index is 13.6. The number of nitrogens with zero attached hydrogens (tertiary/aromatic N) is 3. The average molecular weight is 321 g/mol. The van der Waals surface area contributed by atoms with Crippen LogP contribution >= 0.6 is 11.3 Å². The molecule has 0 spiro atoms. The summed E-state index contributed by atoms with van der Waals surface area (Å²) < 4.78 is 31.7. The average Bonchev–Trinajstić information content (AvgIpc) is 3.12. The summed E-state index contributed by atoms with van der Waals surface area (Å²) in [4.78, 5) is 6.12. The van der Waals surface area contributed by atoms with E-state index in [0.717, 1.165) is 11.6 Å². The van der Waals surface area contributed by atoms with Crippen molar-refractivity contribution in [3.8, 4) is 11.4 Å². The Morgan fingerprint density at radius 2 is 2.09 bits per heavy atom. The molecule has 114 valence electrons. The first-order valence-corrected chi connectivity index (χ1v) is 7.54. The Morgan fingerprint density at radius 3 is 2.82 bits per heavy atom. The van der Waals surface area contributed by atoms with Gasteiger partial charge in [0.15, 0.2) is 0 Å². The Bertz CT molecular complexity index is 758. The van der Waals surface area contributed by atoms with Crippen LogP contribution in [0.15, 0.2) is 39.5 Å². The van der Waals surface area contributed by atoms with Crippen molar-refractivity contribution in [2.75, 3.05) is 7.05 Å². The Labute approximate surface area is 130 Å². The maximum Gasteiger partial charge on any atom is 0.241 e. The van der Waals surface area contributed by atoms with Gasteiger partial charge in [-0.15, -0.1) is 0 Å². The van der Waals surface area contributed by atoms with Crippen molar-refractivity contribution in [1.82, 2.24) is 15.0 Å². The highest BCUT2D eigenvalue weighted by Gasteiger charge is 2.13. The van der Waals surface area contributed by atoms with E-state index < -0.39 is 11.6 Å². The molecule has 4 nitrogen and oxygen atoms in total. The van der Waals surface area contributed by atoms with E-state index in [0.29, 0.717) is 30.4 Å². The van der Waals surface area contributed by atoms with Gasteiger partial charge in [-0.3, -0.25) is 4.90 Å². The largest absolute Gasteiger partial charge is 0.338 e. The summed E-state index contributed by atoms with van der Waals surface area (Å²) in [5.41, 5.74) is 1.33. The molecule has 1 aromatic carbocycles. The summed E-state index contributed by atoms with van der Waals surface area (Å²) in [6.07, 6.45) is 0. The van der Waals surface area contributed by atoms with Gasteiger partial charge in [-0.25, -0.2) is 8.78 Å². The molecule has 0 bridgehead atoms. The lowest BCUT2D eigenvalue weighted by Crippen LogP contribution is -2.18. The molecule has 0 amide bonds. The summed E-state index contributed by atoms with van der Waals surface area (Å²) in [7, 11) is 1.80. The van der Waals surface area contributed by atoms with Crippen LogP contribution in [0.25, 0.3) is 11.4 Å². The molecule has 7 heteroatoms. The molecule has 0 unspecified atom stereocenters. The molecule has 2 heterocycles. The van der Waals surface area contributed by atoms with E-state index in [1.54, 1.807) is 18.4 Å². The summed E-state index contributed by atoms with van der Waals surface area (Å²) in [5.74, 6) is -0.151. The molecule has 3 rings (SSSR count). The quantitative estimate of drug-likeness (QED) is 0.718. The zero-order valence-electron chi connectivity index (χ0n) is 11.8. The lowest BCUT2D eigenvalue weighted by atomic mass is 10.2. The van der Waals surface area contributed by atoms with Crippen molar-refractivity contribution in [2.45, 2.75) is 13.1 Å². The second-order valence-electron chi connectivity index (χ2n) is 4.93. The first-order valence-electron chi connectivity index (χ1n) is 6.59. The molecule has 0 radical (unpaired) electrons. The second kappa shape index (κ2) is 6.33. The van der Waals surface area contributed by atoms with Crippen LogP contribution in [0, 0.1) is 11.6 Å². The third-order valence-electron chi connectivity index (χ3n) is 3.11. The summed E-state index contributed by atoms with van der Waals surface area (Å²) >= 11 is 1.56. The minimum atomic E-state index is -0.582. The van der Waals surface area contributed by atoms with Gasteiger partial charge in [0.1, 0.15) is 11.6 Å². The van der Waals surface area contributed by atoms with Crippen LogP contribution in [0.5, 0.6) is 0 Å². The van der Waals surface area contributed by atoms with Crippen LogP contribution in [0.3, 0.4) is 0 Å². The molecule has 3 aromatic rings. The van der Waals surface area contributed by atoms with E-state index in [-0.39, 0.29) is 0 Å². The van der Waals surface area contributed by atoms with Crippen molar-refractivity contribution in [3.63, 3.8) is 0 Å². The van der Waals surface area contributed by atoms with Crippen molar-refractivity contribution in [2.24, 2.45) is 0 Å². The SMILES string of the molecule is CN(Cc1nc(-c2ccsc2)no1)Cc1ccc(F)cc1F. The highest BCUT2D eigenvalue weighted by molar-refractivity contribution is 7.08. The third kappa shape index (κ3) is 3.37. The highest BCUT2D eigenvalue weighted by atomic mass is 32.1. The van der Waals surface area contributed by atoms with Crippen LogP contribution in [-0.4, -0.2) is 22.1 Å². The van der Waals surface area contributed by atoms with Crippen molar-refractivity contribution < 1.29 is 13.3 Å². The number of rotatable bonds is 5. The zero-order valence-corrected chi connectivity index (χ0v) is 12.6. The first-order chi connectivity index (χ1) is 10.6. The monoisotopic (exact) mass is 321 g/mol. The number of thiophene rings is 1. The smallest absolute Gasteiger partial charge is 0.241 e. The Morgan fingerprint density at radius 1 is 1.23 bits per heavy atom. The van der Waals surface area contributed by atoms with E-state index in [2.05, 4.69) is 10.1 Å².